The fourth-order valence-corrected chi connectivity index (χ4v) is 2.79. The van der Waals surface area contributed by atoms with Gasteiger partial charge in [0.2, 0.25) is 5.84 Å². The molecule has 0 unspecified atom stereocenters. The van der Waals surface area contributed by atoms with Gasteiger partial charge in [0.15, 0.2) is 5.57 Å². The zero-order chi connectivity index (χ0) is 17.4. The summed E-state index contributed by atoms with van der Waals surface area (Å²) in [5, 5.41) is 19.3. The van der Waals surface area contributed by atoms with E-state index in [-0.39, 0.29) is 11.4 Å². The van der Waals surface area contributed by atoms with Gasteiger partial charge >= 0.3 is 0 Å². The molecule has 0 spiro atoms. The van der Waals surface area contributed by atoms with Crippen molar-refractivity contribution in [2.45, 2.75) is 6.42 Å². The van der Waals surface area contributed by atoms with Crippen LogP contribution in [0.1, 0.15) is 12.0 Å². The number of hydrogen-bond donors (Lipinski definition) is 3. The Morgan fingerprint density at radius 1 is 1.33 bits per heavy atom. The van der Waals surface area contributed by atoms with Gasteiger partial charge in [-0.1, -0.05) is 28.1 Å². The van der Waals surface area contributed by atoms with Gasteiger partial charge in [0.05, 0.1) is 25.5 Å². The van der Waals surface area contributed by atoms with Gasteiger partial charge in [-0.05, 0) is 17.7 Å². The molecule has 1 heterocycles. The quantitative estimate of drug-likeness (QED) is 0.289. The molecule has 2 rings (SSSR count). The minimum Gasteiger partial charge on any atom is -0.397 e. The highest BCUT2D eigenvalue weighted by Crippen LogP contribution is 2.16. The molecule has 0 aliphatic carbocycles. The number of nitrogens with zero attached hydrogens (tertiary/aromatic N) is 2. The molecule has 0 radical (unpaired) electrons. The van der Waals surface area contributed by atoms with E-state index in [9.17, 15) is 5.26 Å². The van der Waals surface area contributed by atoms with Crippen LogP contribution in [0.15, 0.2) is 34.3 Å². The summed E-state index contributed by atoms with van der Waals surface area (Å²) < 4.78 is 6.27. The van der Waals surface area contributed by atoms with Crippen LogP contribution in [0.25, 0.3) is 5.70 Å². The first kappa shape index (κ1) is 18.6. The first-order chi connectivity index (χ1) is 11.6. The average molecular weight is 393 g/mol. The SMILES string of the molecule is N#CC(C(=N)[NH2+]CCCN1CCOCC1)=C(N)c1ccc(Br)cc1. The van der Waals surface area contributed by atoms with Crippen LogP contribution in [0.5, 0.6) is 0 Å². The van der Waals surface area contributed by atoms with Crippen molar-refractivity contribution in [2.75, 3.05) is 39.4 Å². The summed E-state index contributed by atoms with van der Waals surface area (Å²) in [5.41, 5.74) is 7.40. The summed E-state index contributed by atoms with van der Waals surface area (Å²) in [6, 6.07) is 9.47. The Hall–Kier alpha value is -1.72. The molecule has 0 atom stereocenters. The average Bonchev–Trinajstić information content (AvgIpc) is 2.61. The minimum atomic E-state index is 0.194. The van der Waals surface area contributed by atoms with Crippen molar-refractivity contribution in [2.24, 2.45) is 5.73 Å². The Balaban J connectivity index is 1.87. The van der Waals surface area contributed by atoms with Crippen LogP contribution in [0, 0.1) is 16.7 Å². The predicted molar refractivity (Wildman–Crippen MR) is 97.3 cm³/mol. The van der Waals surface area contributed by atoms with E-state index < -0.39 is 0 Å². The van der Waals surface area contributed by atoms with Gasteiger partial charge in [0.25, 0.3) is 0 Å². The van der Waals surface area contributed by atoms with Crippen molar-refractivity contribution < 1.29 is 10.1 Å². The number of nitrogens with two attached hydrogens (primary N) is 2. The monoisotopic (exact) mass is 392 g/mol. The number of hydrogen-bond acceptors (Lipinski definition) is 5. The normalized spacial score (nSPS) is 16.3. The maximum absolute atomic E-state index is 9.36. The number of morpholine rings is 1. The third-order valence-corrected chi connectivity index (χ3v) is 4.47. The topological polar surface area (TPSA) is 103 Å². The molecule has 1 fully saturated rings. The van der Waals surface area contributed by atoms with Crippen LogP contribution in [0.3, 0.4) is 0 Å². The van der Waals surface area contributed by atoms with Gasteiger partial charge in [-0.2, -0.15) is 5.26 Å². The summed E-state index contributed by atoms with van der Waals surface area (Å²) in [6.07, 6.45) is 0.958. The van der Waals surface area contributed by atoms with Gasteiger partial charge in [0.1, 0.15) is 6.07 Å². The zero-order valence-electron chi connectivity index (χ0n) is 13.6. The van der Waals surface area contributed by atoms with Crippen molar-refractivity contribution in [3.05, 3.63) is 39.9 Å². The second-order valence-corrected chi connectivity index (χ2v) is 6.54. The maximum atomic E-state index is 9.36. The lowest BCUT2D eigenvalue weighted by molar-refractivity contribution is -0.540. The number of halogens is 1. The first-order valence-electron chi connectivity index (χ1n) is 8.00. The zero-order valence-corrected chi connectivity index (χ0v) is 15.2. The van der Waals surface area contributed by atoms with Crippen LogP contribution in [-0.2, 0) is 4.74 Å². The van der Waals surface area contributed by atoms with Gasteiger partial charge in [-0.15, -0.1) is 0 Å². The fraction of sp³-hybridized carbons (Fsp3) is 0.412. The lowest BCUT2D eigenvalue weighted by atomic mass is 10.1. The third-order valence-electron chi connectivity index (χ3n) is 3.94. The van der Waals surface area contributed by atoms with E-state index >= 15 is 0 Å². The fourth-order valence-electron chi connectivity index (χ4n) is 2.53. The lowest BCUT2D eigenvalue weighted by Gasteiger charge is -2.26. The first-order valence-corrected chi connectivity index (χ1v) is 8.79. The lowest BCUT2D eigenvalue weighted by Crippen LogP contribution is -2.88. The van der Waals surface area contributed by atoms with Crippen molar-refractivity contribution in [3.8, 4) is 6.07 Å². The van der Waals surface area contributed by atoms with Crippen LogP contribution >= 0.6 is 15.9 Å². The van der Waals surface area contributed by atoms with Gasteiger partial charge in [-0.3, -0.25) is 10.2 Å². The molecule has 24 heavy (non-hydrogen) atoms. The predicted octanol–water partition coefficient (Wildman–Crippen LogP) is 0.905. The Labute approximate surface area is 150 Å². The molecule has 0 amide bonds. The third kappa shape index (κ3) is 5.42. The van der Waals surface area contributed by atoms with Crippen LogP contribution < -0.4 is 11.1 Å². The van der Waals surface area contributed by atoms with Crippen molar-refractivity contribution >= 4 is 27.5 Å². The van der Waals surface area contributed by atoms with E-state index in [0.717, 1.165) is 55.8 Å². The molecule has 1 aromatic rings. The molecule has 1 aliphatic heterocycles. The van der Waals surface area contributed by atoms with Crippen molar-refractivity contribution in [1.29, 1.82) is 10.7 Å². The molecule has 1 aliphatic rings. The van der Waals surface area contributed by atoms with Crippen LogP contribution in [-0.4, -0.2) is 50.1 Å². The Morgan fingerprint density at radius 3 is 2.62 bits per heavy atom. The number of nitriles is 1. The number of ether oxygens (including phenoxy) is 1. The van der Waals surface area contributed by atoms with Crippen molar-refractivity contribution in [3.63, 3.8) is 0 Å². The van der Waals surface area contributed by atoms with E-state index in [1.165, 1.54) is 0 Å². The smallest absolute Gasteiger partial charge is 0.237 e. The summed E-state index contributed by atoms with van der Waals surface area (Å²) in [4.78, 5) is 2.36. The Kier molecular flexibility index (Phi) is 7.40. The minimum absolute atomic E-state index is 0.194. The second kappa shape index (κ2) is 9.55. The van der Waals surface area contributed by atoms with E-state index in [1.54, 1.807) is 5.32 Å². The van der Waals surface area contributed by atoms with Crippen LogP contribution in [0.2, 0.25) is 0 Å². The number of amidine groups is 1. The highest BCUT2D eigenvalue weighted by molar-refractivity contribution is 9.10. The Bertz CT molecular complexity index is 629. The van der Waals surface area contributed by atoms with E-state index in [0.29, 0.717) is 5.70 Å². The number of nitrogens with one attached hydrogen (secondary N) is 1. The molecular formula is C17H23BrN5O+. The molecule has 7 heteroatoms. The molecular weight excluding hydrogens is 370 g/mol. The van der Waals surface area contributed by atoms with E-state index in [4.69, 9.17) is 15.9 Å². The number of rotatable bonds is 6. The van der Waals surface area contributed by atoms with Gasteiger partial charge in [0, 0.05) is 30.5 Å². The largest absolute Gasteiger partial charge is 0.397 e. The summed E-state index contributed by atoms with van der Waals surface area (Å²) in [7, 11) is 0. The highest BCUT2D eigenvalue weighted by atomic mass is 79.9. The standard InChI is InChI=1S/C17H22BrN5O/c18-14-4-2-13(3-5-14)16(20)15(12-19)17(21)22-6-1-7-23-8-10-24-11-9-23/h2-5H,1,6-11,20H2,(H2,21,22)/p+1. The van der Waals surface area contributed by atoms with Crippen molar-refractivity contribution in [1.82, 2.24) is 4.90 Å². The molecule has 6 nitrogen and oxygen atoms in total. The molecule has 0 saturated carbocycles. The molecule has 0 bridgehead atoms. The molecule has 5 N–H and O–H groups in total. The summed E-state index contributed by atoms with van der Waals surface area (Å²) in [5.74, 6) is 0.194. The molecule has 0 aromatic heterocycles. The molecule has 1 aromatic carbocycles. The maximum Gasteiger partial charge on any atom is 0.237 e. The van der Waals surface area contributed by atoms with Gasteiger partial charge < -0.3 is 10.5 Å². The number of quaternary nitrogens is 1. The Morgan fingerprint density at radius 2 is 2.00 bits per heavy atom. The number of benzene rings is 1. The summed E-state index contributed by atoms with van der Waals surface area (Å²) in [6.45, 7) is 5.28. The highest BCUT2D eigenvalue weighted by Gasteiger charge is 2.15. The van der Waals surface area contributed by atoms with Gasteiger partial charge in [-0.25, -0.2) is 5.41 Å². The van der Waals surface area contributed by atoms with E-state index in [1.807, 2.05) is 24.3 Å². The van der Waals surface area contributed by atoms with E-state index in [2.05, 4.69) is 26.9 Å². The summed E-state index contributed by atoms with van der Waals surface area (Å²) >= 11 is 3.37. The van der Waals surface area contributed by atoms with Crippen LogP contribution in [0.4, 0.5) is 0 Å². The second-order valence-electron chi connectivity index (χ2n) is 5.62. The molecule has 1 saturated heterocycles. The molecule has 128 valence electrons.